The molecule has 1 saturated heterocycles. The summed E-state index contributed by atoms with van der Waals surface area (Å²) in [5.41, 5.74) is 3.60. The number of para-hydroxylation sites is 1. The SMILES string of the molecule is Cc1cc(/C=C2/C(=O)NC(=S)N(c3ccccc3Cl)C2=O)c(C)n1-c1ccc(Cl)c(Cl)c1. The summed E-state index contributed by atoms with van der Waals surface area (Å²) in [6.07, 6.45) is 1.56. The summed E-state index contributed by atoms with van der Waals surface area (Å²) in [5.74, 6) is -1.12. The lowest BCUT2D eigenvalue weighted by Crippen LogP contribution is -2.54. The maximum absolute atomic E-state index is 13.3. The van der Waals surface area contributed by atoms with E-state index in [1.165, 1.54) is 4.90 Å². The van der Waals surface area contributed by atoms with E-state index in [1.807, 2.05) is 30.5 Å². The van der Waals surface area contributed by atoms with Crippen LogP contribution in [0.1, 0.15) is 17.0 Å². The van der Waals surface area contributed by atoms with Crippen molar-refractivity contribution >= 4 is 75.7 Å². The number of halogens is 3. The van der Waals surface area contributed by atoms with Gasteiger partial charge in [0.05, 0.1) is 20.8 Å². The smallest absolute Gasteiger partial charge is 0.270 e. The Hall–Kier alpha value is -2.64. The summed E-state index contributed by atoms with van der Waals surface area (Å²) in [4.78, 5) is 27.1. The lowest BCUT2D eigenvalue weighted by molar-refractivity contribution is -0.122. The monoisotopic (exact) mass is 503 g/mol. The second-order valence-corrected chi connectivity index (χ2v) is 8.78. The topological polar surface area (TPSA) is 54.3 Å². The summed E-state index contributed by atoms with van der Waals surface area (Å²) >= 11 is 23.7. The maximum atomic E-state index is 13.3. The number of hydrogen-bond donors (Lipinski definition) is 1. The van der Waals surface area contributed by atoms with Crippen molar-refractivity contribution in [2.45, 2.75) is 13.8 Å². The molecule has 1 aliphatic rings. The van der Waals surface area contributed by atoms with E-state index < -0.39 is 11.8 Å². The quantitative estimate of drug-likeness (QED) is 0.275. The maximum Gasteiger partial charge on any atom is 0.270 e. The molecule has 0 unspecified atom stereocenters. The van der Waals surface area contributed by atoms with Gasteiger partial charge in [-0.1, -0.05) is 46.9 Å². The van der Waals surface area contributed by atoms with Gasteiger partial charge in [0.1, 0.15) is 5.57 Å². The first kappa shape index (κ1) is 22.6. The van der Waals surface area contributed by atoms with E-state index in [0.29, 0.717) is 26.3 Å². The number of anilines is 1. The van der Waals surface area contributed by atoms with E-state index in [0.717, 1.165) is 17.1 Å². The Morgan fingerprint density at radius 1 is 0.938 bits per heavy atom. The summed E-state index contributed by atoms with van der Waals surface area (Å²) in [5, 5.41) is 3.79. The molecule has 4 rings (SSSR count). The summed E-state index contributed by atoms with van der Waals surface area (Å²) in [7, 11) is 0. The molecule has 0 aliphatic carbocycles. The van der Waals surface area contributed by atoms with Crippen LogP contribution in [0.15, 0.2) is 54.1 Å². The number of hydrogen-bond acceptors (Lipinski definition) is 3. The van der Waals surface area contributed by atoms with Crippen LogP contribution in [0.5, 0.6) is 0 Å². The van der Waals surface area contributed by atoms with Gasteiger partial charge in [-0.2, -0.15) is 0 Å². The van der Waals surface area contributed by atoms with E-state index >= 15 is 0 Å². The first-order valence-corrected chi connectivity index (χ1v) is 11.0. The lowest BCUT2D eigenvalue weighted by atomic mass is 10.1. The fourth-order valence-corrected chi connectivity index (χ4v) is 4.41. The molecule has 9 heteroatoms. The number of thiocarbonyl (C=S) groups is 1. The van der Waals surface area contributed by atoms with Gasteiger partial charge in [-0.15, -0.1) is 0 Å². The van der Waals surface area contributed by atoms with Gasteiger partial charge in [0, 0.05) is 17.1 Å². The minimum atomic E-state index is -0.567. The van der Waals surface area contributed by atoms with E-state index in [2.05, 4.69) is 5.32 Å². The van der Waals surface area contributed by atoms with Crippen LogP contribution in [0, 0.1) is 13.8 Å². The molecule has 2 heterocycles. The Morgan fingerprint density at radius 3 is 2.34 bits per heavy atom. The molecule has 1 aliphatic heterocycles. The molecule has 2 amide bonds. The van der Waals surface area contributed by atoms with E-state index in [1.54, 1.807) is 42.5 Å². The number of carbonyl (C=O) groups excluding carboxylic acids is 2. The van der Waals surface area contributed by atoms with Gasteiger partial charge in [-0.05, 0) is 74.1 Å². The van der Waals surface area contributed by atoms with Crippen LogP contribution in [0.4, 0.5) is 5.69 Å². The molecule has 5 nitrogen and oxygen atoms in total. The number of rotatable bonds is 3. The van der Waals surface area contributed by atoms with E-state index in [-0.39, 0.29) is 10.7 Å². The number of aromatic nitrogens is 1. The van der Waals surface area contributed by atoms with Gasteiger partial charge >= 0.3 is 0 Å². The molecule has 1 aromatic heterocycles. The fraction of sp³-hybridized carbons (Fsp3) is 0.0870. The highest BCUT2D eigenvalue weighted by atomic mass is 35.5. The molecule has 2 aromatic carbocycles. The van der Waals surface area contributed by atoms with Crippen LogP contribution in [-0.2, 0) is 9.59 Å². The number of benzene rings is 2. The number of carbonyl (C=O) groups is 2. The Labute approximate surface area is 205 Å². The van der Waals surface area contributed by atoms with Gasteiger partial charge in [0.15, 0.2) is 5.11 Å². The standard InChI is InChI=1S/C23H16Cl3N3O2S/c1-12-9-14(13(2)28(12)15-7-8-17(24)19(26)11-15)10-16-21(30)27-23(32)29(22(16)31)20-6-4-3-5-18(20)25/h3-11H,1-2H3,(H,27,30,32)/b16-10-. The molecule has 0 bridgehead atoms. The molecule has 1 fully saturated rings. The fourth-order valence-electron chi connectivity index (χ4n) is 3.62. The van der Waals surface area contributed by atoms with Gasteiger partial charge < -0.3 is 4.57 Å². The van der Waals surface area contributed by atoms with Gasteiger partial charge in [-0.25, -0.2) is 0 Å². The van der Waals surface area contributed by atoms with Crippen LogP contribution in [0.2, 0.25) is 15.1 Å². The average Bonchev–Trinajstić information content (AvgIpc) is 3.01. The van der Waals surface area contributed by atoms with Crippen LogP contribution in [0.3, 0.4) is 0 Å². The largest absolute Gasteiger partial charge is 0.318 e. The molecule has 162 valence electrons. The third-order valence-corrected chi connectivity index (χ3v) is 6.47. The highest BCUT2D eigenvalue weighted by Gasteiger charge is 2.35. The zero-order chi connectivity index (χ0) is 23.2. The Kier molecular flexibility index (Phi) is 6.14. The number of aryl methyl sites for hydroxylation is 1. The second kappa shape index (κ2) is 8.71. The number of nitrogens with one attached hydrogen (secondary N) is 1. The number of nitrogens with zero attached hydrogens (tertiary/aromatic N) is 2. The van der Waals surface area contributed by atoms with Crippen LogP contribution < -0.4 is 10.2 Å². The van der Waals surface area contributed by atoms with Crippen LogP contribution in [-0.4, -0.2) is 21.5 Å². The highest BCUT2D eigenvalue weighted by molar-refractivity contribution is 7.80. The summed E-state index contributed by atoms with van der Waals surface area (Å²) < 4.78 is 1.97. The predicted molar refractivity (Wildman–Crippen MR) is 133 cm³/mol. The third kappa shape index (κ3) is 3.95. The zero-order valence-electron chi connectivity index (χ0n) is 16.9. The molecular weight excluding hydrogens is 489 g/mol. The predicted octanol–water partition coefficient (Wildman–Crippen LogP) is 5.89. The van der Waals surface area contributed by atoms with Gasteiger partial charge in [-0.3, -0.25) is 19.8 Å². The van der Waals surface area contributed by atoms with Crippen molar-refractivity contribution in [2.75, 3.05) is 4.90 Å². The highest BCUT2D eigenvalue weighted by Crippen LogP contribution is 2.31. The average molecular weight is 505 g/mol. The molecule has 0 radical (unpaired) electrons. The van der Waals surface area contributed by atoms with Gasteiger partial charge in [0.25, 0.3) is 11.8 Å². The van der Waals surface area contributed by atoms with Crippen molar-refractivity contribution in [1.82, 2.24) is 9.88 Å². The van der Waals surface area contributed by atoms with Gasteiger partial charge in [0.2, 0.25) is 0 Å². The van der Waals surface area contributed by atoms with E-state index in [4.69, 9.17) is 47.0 Å². The minimum Gasteiger partial charge on any atom is -0.318 e. The molecule has 3 aromatic rings. The van der Waals surface area contributed by atoms with E-state index in [9.17, 15) is 9.59 Å². The molecule has 32 heavy (non-hydrogen) atoms. The molecule has 1 N–H and O–H groups in total. The first-order chi connectivity index (χ1) is 15.2. The number of amides is 2. The van der Waals surface area contributed by atoms with Crippen LogP contribution >= 0.6 is 47.0 Å². The minimum absolute atomic E-state index is 0.0217. The molecule has 0 saturated carbocycles. The third-order valence-electron chi connectivity index (χ3n) is 5.13. The van der Waals surface area contributed by atoms with Crippen molar-refractivity contribution in [3.63, 3.8) is 0 Å². The van der Waals surface area contributed by atoms with Crippen molar-refractivity contribution < 1.29 is 9.59 Å². The Morgan fingerprint density at radius 2 is 1.66 bits per heavy atom. The molecule has 0 atom stereocenters. The van der Waals surface area contributed by atoms with Crippen molar-refractivity contribution in [1.29, 1.82) is 0 Å². The van der Waals surface area contributed by atoms with Crippen molar-refractivity contribution in [3.8, 4) is 5.69 Å². The van der Waals surface area contributed by atoms with Crippen molar-refractivity contribution in [2.24, 2.45) is 0 Å². The molecule has 0 spiro atoms. The Balaban J connectivity index is 1.78. The van der Waals surface area contributed by atoms with Crippen LogP contribution in [0.25, 0.3) is 11.8 Å². The molecular formula is C23H16Cl3N3O2S. The normalized spacial score (nSPS) is 15.5. The lowest BCUT2D eigenvalue weighted by Gasteiger charge is -2.29. The zero-order valence-corrected chi connectivity index (χ0v) is 20.0. The summed E-state index contributed by atoms with van der Waals surface area (Å²) in [6.45, 7) is 3.81. The first-order valence-electron chi connectivity index (χ1n) is 9.49. The summed E-state index contributed by atoms with van der Waals surface area (Å²) in [6, 6.07) is 14.0. The van der Waals surface area contributed by atoms with Crippen molar-refractivity contribution in [3.05, 3.63) is 86.1 Å². The Bertz CT molecular complexity index is 1330. The second-order valence-electron chi connectivity index (χ2n) is 7.17.